The number of anilines is 1. The molecule has 4 rings (SSSR count). The minimum atomic E-state index is -0.505. The molecule has 1 aliphatic heterocycles. The molecule has 1 aromatic carbocycles. The smallest absolute Gasteiger partial charge is 0.338 e. The number of benzene rings is 1. The van der Waals surface area contributed by atoms with Crippen molar-refractivity contribution in [2.24, 2.45) is 0 Å². The van der Waals surface area contributed by atoms with Crippen LogP contribution in [0.3, 0.4) is 0 Å². The van der Waals surface area contributed by atoms with Gasteiger partial charge >= 0.3 is 5.97 Å². The van der Waals surface area contributed by atoms with Gasteiger partial charge in [0.25, 0.3) is 0 Å². The number of nitrogens with zero attached hydrogens (tertiary/aromatic N) is 4. The summed E-state index contributed by atoms with van der Waals surface area (Å²) >= 11 is 0. The van der Waals surface area contributed by atoms with Crippen LogP contribution in [0.4, 0.5) is 5.95 Å². The number of carbonyl (C=O) groups excluding carboxylic acids is 1. The fourth-order valence-corrected chi connectivity index (χ4v) is 3.41. The molecule has 8 heteroatoms. The van der Waals surface area contributed by atoms with Crippen molar-refractivity contribution in [1.82, 2.24) is 19.7 Å². The van der Waals surface area contributed by atoms with E-state index in [4.69, 9.17) is 14.6 Å². The molecule has 1 aliphatic rings. The minimum Gasteiger partial charge on any atom is -0.496 e. The van der Waals surface area contributed by atoms with Crippen LogP contribution in [0.25, 0.3) is 11.4 Å². The number of carbonyl (C=O) groups is 1. The van der Waals surface area contributed by atoms with Crippen LogP contribution in [-0.2, 0) is 9.53 Å². The van der Waals surface area contributed by atoms with Crippen LogP contribution < -0.4 is 10.1 Å². The summed E-state index contributed by atoms with van der Waals surface area (Å²) in [4.78, 5) is 21.6. The third-order valence-corrected chi connectivity index (χ3v) is 4.70. The van der Waals surface area contributed by atoms with Gasteiger partial charge in [0.1, 0.15) is 11.8 Å². The number of fused-ring (bicyclic) bond motifs is 1. The van der Waals surface area contributed by atoms with Crippen molar-refractivity contribution in [3.8, 4) is 17.1 Å². The van der Waals surface area contributed by atoms with E-state index in [-0.39, 0.29) is 6.61 Å². The van der Waals surface area contributed by atoms with Crippen molar-refractivity contribution < 1.29 is 14.3 Å². The third kappa shape index (κ3) is 3.33. The maximum atomic E-state index is 12.8. The molecule has 0 amide bonds. The Hall–Kier alpha value is -3.68. The molecule has 0 spiro atoms. The lowest BCUT2D eigenvalue weighted by molar-refractivity contribution is -0.139. The van der Waals surface area contributed by atoms with Crippen molar-refractivity contribution >= 4 is 11.9 Å². The number of ether oxygens (including phenoxy) is 2. The molecule has 0 fully saturated rings. The fourth-order valence-electron chi connectivity index (χ4n) is 3.41. The van der Waals surface area contributed by atoms with E-state index in [2.05, 4.69) is 15.3 Å². The van der Waals surface area contributed by atoms with E-state index < -0.39 is 12.0 Å². The van der Waals surface area contributed by atoms with Crippen LogP contribution in [0.15, 0.2) is 60.1 Å². The number of allylic oxidation sites excluding steroid dienone is 1. The Morgan fingerprint density at radius 2 is 2.07 bits per heavy atom. The summed E-state index contributed by atoms with van der Waals surface area (Å²) in [6.07, 6.45) is 3.41. The Kier molecular flexibility index (Phi) is 4.99. The molecule has 3 heterocycles. The molecule has 0 radical (unpaired) electrons. The van der Waals surface area contributed by atoms with Crippen molar-refractivity contribution in [3.63, 3.8) is 0 Å². The standard InChI is InChI=1S/C21H21N5O3/c1-4-29-20(27)17-13(2)23-21-24-19(15-9-5-6-10-16(15)28-3)25-26(21)18(17)14-8-7-11-22-12-14/h5-12,18H,4H2,1-3H3,(H,23,24,25). The van der Waals surface area contributed by atoms with Crippen LogP contribution in [-0.4, -0.2) is 39.4 Å². The number of aromatic nitrogens is 4. The molecular weight excluding hydrogens is 370 g/mol. The van der Waals surface area contributed by atoms with E-state index in [1.807, 2.05) is 43.3 Å². The first kappa shape index (κ1) is 18.7. The monoisotopic (exact) mass is 391 g/mol. The highest BCUT2D eigenvalue weighted by Crippen LogP contribution is 2.37. The number of esters is 1. The molecule has 1 unspecified atom stereocenters. The van der Waals surface area contributed by atoms with Gasteiger partial charge in [-0.1, -0.05) is 18.2 Å². The first-order valence-electron chi connectivity index (χ1n) is 9.28. The molecule has 0 saturated heterocycles. The lowest BCUT2D eigenvalue weighted by Gasteiger charge is -2.27. The van der Waals surface area contributed by atoms with Crippen molar-refractivity contribution in [1.29, 1.82) is 0 Å². The van der Waals surface area contributed by atoms with Crippen LogP contribution in [0.5, 0.6) is 5.75 Å². The van der Waals surface area contributed by atoms with Crippen LogP contribution in [0.1, 0.15) is 25.5 Å². The highest BCUT2D eigenvalue weighted by atomic mass is 16.5. The maximum absolute atomic E-state index is 12.8. The fraction of sp³-hybridized carbons (Fsp3) is 0.238. The zero-order valence-corrected chi connectivity index (χ0v) is 16.4. The third-order valence-electron chi connectivity index (χ3n) is 4.70. The van der Waals surface area contributed by atoms with Crippen molar-refractivity contribution in [2.45, 2.75) is 19.9 Å². The molecule has 3 aromatic rings. The second-order valence-electron chi connectivity index (χ2n) is 6.48. The van der Waals surface area contributed by atoms with Crippen molar-refractivity contribution in [2.75, 3.05) is 19.0 Å². The predicted octanol–water partition coefficient (Wildman–Crippen LogP) is 3.20. The van der Waals surface area contributed by atoms with Gasteiger partial charge in [0, 0.05) is 18.1 Å². The van der Waals surface area contributed by atoms with E-state index in [1.54, 1.807) is 31.1 Å². The predicted molar refractivity (Wildman–Crippen MR) is 107 cm³/mol. The Morgan fingerprint density at radius 3 is 2.79 bits per heavy atom. The summed E-state index contributed by atoms with van der Waals surface area (Å²) in [5.41, 5.74) is 2.72. The summed E-state index contributed by atoms with van der Waals surface area (Å²) in [5.74, 6) is 1.30. The number of para-hydroxylation sites is 1. The van der Waals surface area contributed by atoms with Crippen LogP contribution >= 0.6 is 0 Å². The molecule has 2 aromatic heterocycles. The summed E-state index contributed by atoms with van der Waals surface area (Å²) < 4.78 is 12.5. The summed E-state index contributed by atoms with van der Waals surface area (Å²) in [6, 6.07) is 10.8. The molecule has 1 atom stereocenters. The first-order valence-corrected chi connectivity index (χ1v) is 9.28. The number of methoxy groups -OCH3 is 1. The highest BCUT2D eigenvalue weighted by molar-refractivity contribution is 5.92. The molecule has 148 valence electrons. The SMILES string of the molecule is CCOC(=O)C1=C(C)Nc2nc(-c3ccccc3OC)nn2C1c1cccnc1. The molecule has 1 N–H and O–H groups in total. The molecule has 8 nitrogen and oxygen atoms in total. The lowest BCUT2D eigenvalue weighted by Crippen LogP contribution is -2.29. The van der Waals surface area contributed by atoms with Gasteiger partial charge in [-0.25, -0.2) is 9.48 Å². The Balaban J connectivity index is 1.87. The molecule has 0 bridgehead atoms. The number of nitrogens with one attached hydrogen (secondary N) is 1. The van der Waals surface area contributed by atoms with Gasteiger partial charge in [-0.3, -0.25) is 4.98 Å². The second kappa shape index (κ2) is 7.75. The minimum absolute atomic E-state index is 0.284. The Bertz CT molecular complexity index is 1070. The van der Waals surface area contributed by atoms with Crippen LogP contribution in [0, 0.1) is 0 Å². The van der Waals surface area contributed by atoms with E-state index >= 15 is 0 Å². The highest BCUT2D eigenvalue weighted by Gasteiger charge is 2.35. The second-order valence-corrected chi connectivity index (χ2v) is 6.48. The maximum Gasteiger partial charge on any atom is 0.338 e. The Morgan fingerprint density at radius 1 is 1.24 bits per heavy atom. The zero-order chi connectivity index (χ0) is 20.4. The van der Waals surface area contributed by atoms with E-state index in [0.717, 1.165) is 11.1 Å². The summed E-state index contributed by atoms with van der Waals surface area (Å²) in [6.45, 7) is 3.90. The largest absolute Gasteiger partial charge is 0.496 e. The quantitative estimate of drug-likeness (QED) is 0.668. The first-order chi connectivity index (χ1) is 14.1. The van der Waals surface area contributed by atoms with Gasteiger partial charge in [0.05, 0.1) is 24.9 Å². The molecule has 29 heavy (non-hydrogen) atoms. The summed E-state index contributed by atoms with van der Waals surface area (Å²) in [7, 11) is 1.61. The van der Waals surface area contributed by atoms with Gasteiger partial charge in [0.2, 0.25) is 5.95 Å². The number of pyridine rings is 1. The molecular formula is C21H21N5O3. The lowest BCUT2D eigenvalue weighted by atomic mass is 9.97. The van der Waals surface area contributed by atoms with Gasteiger partial charge in [-0.15, -0.1) is 5.10 Å². The summed E-state index contributed by atoms with van der Waals surface area (Å²) in [5, 5.41) is 7.89. The molecule has 0 aliphatic carbocycles. The molecule has 0 saturated carbocycles. The number of hydrogen-bond donors (Lipinski definition) is 1. The Labute approximate surface area is 168 Å². The van der Waals surface area contributed by atoms with Gasteiger partial charge < -0.3 is 14.8 Å². The zero-order valence-electron chi connectivity index (χ0n) is 16.4. The van der Waals surface area contributed by atoms with E-state index in [1.165, 1.54) is 0 Å². The average Bonchev–Trinajstić information content (AvgIpc) is 3.16. The van der Waals surface area contributed by atoms with Gasteiger partial charge in [-0.2, -0.15) is 4.98 Å². The normalized spacial score (nSPS) is 15.5. The topological polar surface area (TPSA) is 91.2 Å². The van der Waals surface area contributed by atoms with Crippen molar-refractivity contribution in [3.05, 3.63) is 65.6 Å². The average molecular weight is 391 g/mol. The van der Waals surface area contributed by atoms with Crippen LogP contribution in [0.2, 0.25) is 0 Å². The number of rotatable bonds is 5. The number of hydrogen-bond acceptors (Lipinski definition) is 7. The van der Waals surface area contributed by atoms with E-state index in [0.29, 0.717) is 28.8 Å². The van der Waals surface area contributed by atoms with Gasteiger partial charge in [0.15, 0.2) is 5.82 Å². The van der Waals surface area contributed by atoms with E-state index in [9.17, 15) is 4.79 Å². The van der Waals surface area contributed by atoms with Gasteiger partial charge in [-0.05, 0) is 37.6 Å².